The largest absolute Gasteiger partial charge is 0.308 e. The summed E-state index contributed by atoms with van der Waals surface area (Å²) in [7, 11) is 0. The third-order valence-electron chi connectivity index (χ3n) is 16.1. The van der Waals surface area contributed by atoms with Crippen LogP contribution in [0.1, 0.15) is 105 Å². The van der Waals surface area contributed by atoms with Gasteiger partial charge >= 0.3 is 0 Å². The second-order valence-corrected chi connectivity index (χ2v) is 25.3. The van der Waals surface area contributed by atoms with Crippen molar-refractivity contribution < 1.29 is 0 Å². The molecule has 0 spiro atoms. The fourth-order valence-electron chi connectivity index (χ4n) is 11.7. The number of nitrogens with zero attached hydrogens (tertiary/aromatic N) is 6. The Balaban J connectivity index is 1.17. The van der Waals surface area contributed by atoms with Gasteiger partial charge in [-0.3, -0.25) is 14.2 Å². The molecule has 13 rings (SSSR count). The Bertz CT molecular complexity index is 4540. The first-order chi connectivity index (χ1) is 36.5. The highest BCUT2D eigenvalue weighted by Gasteiger charge is 2.27. The monoisotopic (exact) mass is 1010 g/mol. The minimum Gasteiger partial charge on any atom is -0.308 e. The van der Waals surface area contributed by atoms with E-state index in [9.17, 15) is 0 Å². The summed E-state index contributed by atoms with van der Waals surface area (Å²) in [6.07, 6.45) is 0. The van der Waals surface area contributed by atoms with Crippen molar-refractivity contribution in [2.24, 2.45) is 0 Å². The molecular weight excluding hydrogens is 945 g/mol. The van der Waals surface area contributed by atoms with Gasteiger partial charge in [0.2, 0.25) is 5.95 Å². The van der Waals surface area contributed by atoms with Gasteiger partial charge in [0, 0.05) is 59.9 Å². The van der Waals surface area contributed by atoms with E-state index in [0.717, 1.165) is 76.9 Å². The Hall–Kier alpha value is -8.49. The van der Waals surface area contributed by atoms with Gasteiger partial charge in [-0.25, -0.2) is 4.98 Å². The Morgan fingerprint density at radius 2 is 0.714 bits per heavy atom. The molecule has 8 nitrogen and oxygen atoms in total. The zero-order valence-corrected chi connectivity index (χ0v) is 46.0. The van der Waals surface area contributed by atoms with Gasteiger partial charge in [-0.2, -0.15) is 9.97 Å². The second kappa shape index (κ2) is 16.5. The number of para-hydroxylation sites is 2. The summed E-state index contributed by atoms with van der Waals surface area (Å²) in [5.41, 5.74) is 12.1. The standard InChI is InChI=1S/C69H62N6O2/c1-66(2,3)41-25-21-39(22-26-41)63-70-64(40-23-27-42(28-24-40)67(4,5)6)72-65(71-63)75-55-20-16-14-18-47(55)49-32-31-48-46-17-13-15-19-54(46)73(59(48)60(49)75)45-37-52-58-53(38-45)62(77)51-36-44(69(10,11)12)30-34-57(51)74(58)56-33-29-43(68(7,8)9)35-50(56)61(52)76/h13-38H,1-12H3. The van der Waals surface area contributed by atoms with Crippen molar-refractivity contribution in [3.8, 4) is 34.4 Å². The zero-order valence-electron chi connectivity index (χ0n) is 46.0. The minimum absolute atomic E-state index is 0.0359. The van der Waals surface area contributed by atoms with Crippen LogP contribution in [0.5, 0.6) is 0 Å². The Morgan fingerprint density at radius 1 is 0.325 bits per heavy atom. The van der Waals surface area contributed by atoms with Crippen LogP contribution in [0, 0.1) is 0 Å². The number of benzene rings is 8. The van der Waals surface area contributed by atoms with Crippen LogP contribution in [0.4, 0.5) is 0 Å². The predicted molar refractivity (Wildman–Crippen MR) is 321 cm³/mol. The van der Waals surface area contributed by atoms with Gasteiger partial charge in [-0.05, 0) is 92.4 Å². The summed E-state index contributed by atoms with van der Waals surface area (Å²) < 4.78 is 6.61. The van der Waals surface area contributed by atoms with Crippen molar-refractivity contribution in [1.82, 2.24) is 28.5 Å². The number of hydrogen-bond acceptors (Lipinski definition) is 5. The molecule has 77 heavy (non-hydrogen) atoms. The van der Waals surface area contributed by atoms with Crippen LogP contribution in [0.3, 0.4) is 0 Å². The molecule has 5 heterocycles. The molecule has 0 saturated carbocycles. The zero-order chi connectivity index (χ0) is 53.8. The molecule has 8 aromatic carbocycles. The average Bonchev–Trinajstić information content (AvgIpc) is 3.99. The van der Waals surface area contributed by atoms with Crippen molar-refractivity contribution in [3.05, 3.63) is 200 Å². The molecule has 0 radical (unpaired) electrons. The third kappa shape index (κ3) is 7.50. The molecule has 0 aliphatic heterocycles. The van der Waals surface area contributed by atoms with Crippen molar-refractivity contribution in [2.45, 2.75) is 105 Å². The number of rotatable bonds is 4. The van der Waals surface area contributed by atoms with Gasteiger partial charge in [0.05, 0.1) is 38.6 Å². The normalized spacial score (nSPS) is 13.0. The predicted octanol–water partition coefficient (Wildman–Crippen LogP) is 16.5. The summed E-state index contributed by atoms with van der Waals surface area (Å²) in [6.45, 7) is 26.3. The minimum atomic E-state index is -0.208. The molecule has 0 aliphatic carbocycles. The van der Waals surface area contributed by atoms with E-state index >= 15 is 9.59 Å². The Labute approximate surface area is 447 Å². The van der Waals surface area contributed by atoms with Gasteiger partial charge in [0.25, 0.3) is 0 Å². The van der Waals surface area contributed by atoms with Gasteiger partial charge in [0.15, 0.2) is 22.5 Å². The van der Waals surface area contributed by atoms with E-state index in [1.54, 1.807) is 0 Å². The average molecular weight is 1010 g/mol. The molecule has 0 atom stereocenters. The summed E-state index contributed by atoms with van der Waals surface area (Å²) >= 11 is 0. The summed E-state index contributed by atoms with van der Waals surface area (Å²) in [5.74, 6) is 1.59. The Kier molecular flexibility index (Phi) is 10.3. The lowest BCUT2D eigenvalue weighted by Crippen LogP contribution is -2.18. The first kappa shape index (κ1) is 48.2. The van der Waals surface area contributed by atoms with Crippen molar-refractivity contribution in [2.75, 3.05) is 0 Å². The first-order valence-corrected chi connectivity index (χ1v) is 26.9. The van der Waals surface area contributed by atoms with Crippen LogP contribution in [-0.4, -0.2) is 28.5 Å². The highest BCUT2D eigenvalue weighted by atomic mass is 16.1. The van der Waals surface area contributed by atoms with Crippen LogP contribution < -0.4 is 10.9 Å². The highest BCUT2D eigenvalue weighted by molar-refractivity contribution is 6.24. The van der Waals surface area contributed by atoms with Crippen LogP contribution in [0.2, 0.25) is 0 Å². The number of fused-ring (bicyclic) bond motifs is 11. The van der Waals surface area contributed by atoms with Crippen molar-refractivity contribution >= 4 is 81.7 Å². The van der Waals surface area contributed by atoms with Gasteiger partial charge < -0.3 is 8.97 Å². The SMILES string of the molecule is CC(C)(C)c1ccc(-c2nc(-c3ccc(C(C)(C)C)cc3)nc(-n3c4ccccc4c4ccc5c6ccccc6n(-c6cc7c(=O)c8cc(C(C)(C)C)ccc8n8c9ccc(C(C)(C)C)cc9c(=O)c(c6)c78)c5c43)n2)cc1. The lowest BCUT2D eigenvalue weighted by Gasteiger charge is -2.22. The number of aromatic nitrogens is 6. The summed E-state index contributed by atoms with van der Waals surface area (Å²) in [4.78, 5) is 47.1. The highest BCUT2D eigenvalue weighted by Crippen LogP contribution is 2.43. The maximum absolute atomic E-state index is 15.5. The van der Waals surface area contributed by atoms with Crippen LogP contribution in [-0.2, 0) is 21.7 Å². The van der Waals surface area contributed by atoms with Crippen LogP contribution in [0.25, 0.3) is 116 Å². The Morgan fingerprint density at radius 3 is 1.14 bits per heavy atom. The van der Waals surface area contributed by atoms with Crippen LogP contribution >= 0.6 is 0 Å². The molecule has 5 aromatic heterocycles. The third-order valence-corrected chi connectivity index (χ3v) is 16.1. The molecule has 8 heteroatoms. The molecule has 0 N–H and O–H groups in total. The van der Waals surface area contributed by atoms with Crippen molar-refractivity contribution in [3.63, 3.8) is 0 Å². The fraction of sp³-hybridized carbons (Fsp3) is 0.232. The smallest absolute Gasteiger partial charge is 0.238 e. The van der Waals surface area contributed by atoms with Crippen molar-refractivity contribution in [1.29, 1.82) is 0 Å². The fourth-order valence-corrected chi connectivity index (χ4v) is 11.7. The van der Waals surface area contributed by atoms with E-state index in [4.69, 9.17) is 15.0 Å². The molecule has 0 aliphatic rings. The molecule has 0 amide bonds. The molecule has 0 bridgehead atoms. The molecule has 13 aromatic rings. The van der Waals surface area contributed by atoms with E-state index < -0.39 is 0 Å². The van der Waals surface area contributed by atoms with E-state index in [0.29, 0.717) is 50.3 Å². The van der Waals surface area contributed by atoms with Crippen LogP contribution in [0.15, 0.2) is 167 Å². The second-order valence-electron chi connectivity index (χ2n) is 25.3. The maximum Gasteiger partial charge on any atom is 0.238 e. The number of hydrogen-bond donors (Lipinski definition) is 0. The lowest BCUT2D eigenvalue weighted by molar-refractivity contribution is 0.590. The molecule has 380 valence electrons. The topological polar surface area (TPSA) is 87.1 Å². The molecule has 0 unspecified atom stereocenters. The molecular formula is C69H62N6O2. The van der Waals surface area contributed by atoms with Gasteiger partial charge in [-0.15, -0.1) is 0 Å². The quantitative estimate of drug-likeness (QED) is 0.129. The van der Waals surface area contributed by atoms with E-state index in [1.807, 2.05) is 12.1 Å². The summed E-state index contributed by atoms with van der Waals surface area (Å²) in [6, 6.07) is 54.9. The lowest BCUT2D eigenvalue weighted by atomic mass is 9.85. The van der Waals surface area contributed by atoms with Gasteiger partial charge in [-0.1, -0.05) is 192 Å². The maximum atomic E-state index is 15.5. The van der Waals surface area contributed by atoms with E-state index in [1.165, 1.54) is 11.1 Å². The number of pyridine rings is 2. The first-order valence-electron chi connectivity index (χ1n) is 26.9. The van der Waals surface area contributed by atoms with E-state index in [2.05, 4.69) is 242 Å². The molecule has 0 saturated heterocycles. The van der Waals surface area contributed by atoms with Gasteiger partial charge in [0.1, 0.15) is 0 Å². The van der Waals surface area contributed by atoms with E-state index in [-0.39, 0.29) is 32.5 Å². The molecule has 0 fully saturated rings. The summed E-state index contributed by atoms with van der Waals surface area (Å²) in [5, 5.41) is 6.27.